The number of rotatable bonds is 0. The molecule has 1 aliphatic rings. The van der Waals surface area contributed by atoms with Gasteiger partial charge in [0.25, 0.3) is 0 Å². The Morgan fingerprint density at radius 3 is 3.31 bits per heavy atom. The molecule has 0 amide bonds. The molecule has 3 rings (SSSR count). The van der Waals surface area contributed by atoms with Gasteiger partial charge in [-0.15, -0.1) is 0 Å². The normalized spacial score (nSPS) is 14.5. The Bertz CT molecular complexity index is 439. The third-order valence-electron chi connectivity index (χ3n) is 1.95. The van der Waals surface area contributed by atoms with E-state index in [0.29, 0.717) is 11.7 Å². The van der Waals surface area contributed by atoms with Gasteiger partial charge in [0.05, 0.1) is 10.2 Å². The van der Waals surface area contributed by atoms with E-state index < -0.39 is 0 Å². The molecule has 66 valence electrons. The molecule has 0 fully saturated rings. The summed E-state index contributed by atoms with van der Waals surface area (Å²) >= 11 is 1.47. The molecule has 0 unspecified atom stereocenters. The van der Waals surface area contributed by atoms with Gasteiger partial charge in [-0.1, -0.05) is 11.3 Å². The average Bonchev–Trinajstić information content (AvgIpc) is 2.63. The van der Waals surface area contributed by atoms with Crippen molar-refractivity contribution in [2.45, 2.75) is 6.61 Å². The van der Waals surface area contributed by atoms with Gasteiger partial charge in [-0.3, -0.25) is 0 Å². The Kier molecular flexibility index (Phi) is 1.28. The van der Waals surface area contributed by atoms with Gasteiger partial charge in [0.2, 0.25) is 0 Å². The number of aromatic nitrogens is 1. The van der Waals surface area contributed by atoms with Crippen LogP contribution in [0.5, 0.6) is 5.75 Å². The second-order valence-electron chi connectivity index (χ2n) is 2.83. The van der Waals surface area contributed by atoms with Crippen molar-refractivity contribution in [3.8, 4) is 5.75 Å². The zero-order chi connectivity index (χ0) is 8.84. The lowest BCUT2D eigenvalue weighted by molar-refractivity contribution is -0.194. The number of hydrogen-bond acceptors (Lipinski definition) is 5. The number of nitrogens with two attached hydrogens (primary N) is 1. The molecular formula is C8H6N2O2S. The molecule has 2 heterocycles. The first-order valence-electron chi connectivity index (χ1n) is 3.81. The summed E-state index contributed by atoms with van der Waals surface area (Å²) in [4.78, 5) is 13.9. The van der Waals surface area contributed by atoms with Gasteiger partial charge in [-0.05, 0) is 6.07 Å². The SMILES string of the molecule is Nc1nc2cc3c(cc2s1)COO3. The topological polar surface area (TPSA) is 57.4 Å². The predicted molar refractivity (Wildman–Crippen MR) is 49.4 cm³/mol. The summed E-state index contributed by atoms with van der Waals surface area (Å²) in [5.41, 5.74) is 7.50. The minimum absolute atomic E-state index is 0.503. The predicted octanol–water partition coefficient (Wildman–Crippen LogP) is 1.70. The molecule has 2 aromatic rings. The first kappa shape index (κ1) is 7.11. The molecule has 0 saturated heterocycles. The van der Waals surface area contributed by atoms with E-state index >= 15 is 0 Å². The summed E-state index contributed by atoms with van der Waals surface area (Å²) in [5, 5.41) is 0.583. The molecule has 0 aliphatic carbocycles. The lowest BCUT2D eigenvalue weighted by Gasteiger charge is -1.92. The molecule has 0 bridgehead atoms. The third kappa shape index (κ3) is 0.976. The lowest BCUT2D eigenvalue weighted by atomic mass is 10.2. The van der Waals surface area contributed by atoms with Crippen LogP contribution in [-0.2, 0) is 11.5 Å². The van der Waals surface area contributed by atoms with Crippen molar-refractivity contribution < 1.29 is 9.78 Å². The molecule has 0 saturated carbocycles. The number of thiazole rings is 1. The number of benzene rings is 1. The molecule has 1 aliphatic heterocycles. The molecule has 0 spiro atoms. The molecule has 0 radical (unpaired) electrons. The van der Waals surface area contributed by atoms with Crippen molar-refractivity contribution in [3.05, 3.63) is 17.7 Å². The first-order chi connectivity index (χ1) is 6.33. The van der Waals surface area contributed by atoms with Crippen LogP contribution in [-0.4, -0.2) is 4.98 Å². The summed E-state index contributed by atoms with van der Waals surface area (Å²) in [5.74, 6) is 0.748. The fourth-order valence-corrected chi connectivity index (χ4v) is 2.14. The summed E-state index contributed by atoms with van der Waals surface area (Å²) in [7, 11) is 0. The van der Waals surface area contributed by atoms with Crippen molar-refractivity contribution in [3.63, 3.8) is 0 Å². The van der Waals surface area contributed by atoms with Crippen LogP contribution in [0.1, 0.15) is 5.56 Å². The molecule has 4 nitrogen and oxygen atoms in total. The van der Waals surface area contributed by atoms with Gasteiger partial charge in [-0.2, -0.15) is 4.89 Å². The van der Waals surface area contributed by atoms with Crippen molar-refractivity contribution >= 4 is 26.7 Å². The van der Waals surface area contributed by atoms with Crippen molar-refractivity contribution in [2.75, 3.05) is 5.73 Å². The van der Waals surface area contributed by atoms with Gasteiger partial charge < -0.3 is 10.6 Å². The van der Waals surface area contributed by atoms with Gasteiger partial charge in [-0.25, -0.2) is 4.98 Å². The van der Waals surface area contributed by atoms with Crippen LogP contribution >= 0.6 is 11.3 Å². The summed E-state index contributed by atoms with van der Waals surface area (Å²) < 4.78 is 1.07. The highest BCUT2D eigenvalue weighted by atomic mass is 32.1. The standard InChI is InChI=1S/C8H6N2O2S/c9-8-10-5-2-6-4(3-11-12-6)1-7(5)13-8/h1-2H,3H2,(H2,9,10). The second kappa shape index (κ2) is 2.34. The maximum Gasteiger partial charge on any atom is 0.181 e. The monoisotopic (exact) mass is 194 g/mol. The van der Waals surface area contributed by atoms with E-state index in [2.05, 4.69) is 4.98 Å². The number of fused-ring (bicyclic) bond motifs is 2. The van der Waals surface area contributed by atoms with Crippen LogP contribution in [0.25, 0.3) is 10.2 Å². The Labute approximate surface area is 77.8 Å². The van der Waals surface area contributed by atoms with E-state index in [9.17, 15) is 0 Å². The van der Waals surface area contributed by atoms with Gasteiger partial charge in [0.15, 0.2) is 10.9 Å². The zero-order valence-corrected chi connectivity index (χ0v) is 7.43. The molecule has 13 heavy (non-hydrogen) atoms. The lowest BCUT2D eigenvalue weighted by Crippen LogP contribution is -1.82. The first-order valence-corrected chi connectivity index (χ1v) is 4.63. The molecule has 1 aromatic carbocycles. The Morgan fingerprint density at radius 2 is 2.38 bits per heavy atom. The van der Waals surface area contributed by atoms with Crippen LogP contribution in [0.15, 0.2) is 12.1 Å². The maximum absolute atomic E-state index is 5.59. The Morgan fingerprint density at radius 1 is 1.46 bits per heavy atom. The smallest absolute Gasteiger partial charge is 0.181 e. The minimum atomic E-state index is 0.503. The molecule has 1 aromatic heterocycles. The fourth-order valence-electron chi connectivity index (χ4n) is 1.36. The van der Waals surface area contributed by atoms with Crippen molar-refractivity contribution in [2.24, 2.45) is 0 Å². The van der Waals surface area contributed by atoms with Gasteiger partial charge in [0, 0.05) is 11.6 Å². The van der Waals surface area contributed by atoms with Crippen LogP contribution in [0.4, 0.5) is 5.13 Å². The van der Waals surface area contributed by atoms with Gasteiger partial charge in [0.1, 0.15) is 6.61 Å². The second-order valence-corrected chi connectivity index (χ2v) is 3.89. The van der Waals surface area contributed by atoms with E-state index in [0.717, 1.165) is 21.5 Å². The minimum Gasteiger partial charge on any atom is -0.375 e. The van der Waals surface area contributed by atoms with E-state index in [4.69, 9.17) is 15.5 Å². The third-order valence-corrected chi connectivity index (χ3v) is 2.80. The molecule has 5 heteroatoms. The Balaban J connectivity index is 2.35. The van der Waals surface area contributed by atoms with Crippen LogP contribution in [0.2, 0.25) is 0 Å². The number of nitrogen functional groups attached to an aromatic ring is 1. The van der Waals surface area contributed by atoms with E-state index in [1.54, 1.807) is 0 Å². The van der Waals surface area contributed by atoms with E-state index in [1.165, 1.54) is 11.3 Å². The quantitative estimate of drug-likeness (QED) is 0.648. The highest BCUT2D eigenvalue weighted by molar-refractivity contribution is 7.22. The zero-order valence-electron chi connectivity index (χ0n) is 6.61. The number of nitrogens with zero attached hydrogens (tertiary/aromatic N) is 1. The van der Waals surface area contributed by atoms with Crippen LogP contribution in [0, 0.1) is 0 Å². The van der Waals surface area contributed by atoms with E-state index in [-0.39, 0.29) is 0 Å². The van der Waals surface area contributed by atoms with Crippen LogP contribution < -0.4 is 10.6 Å². The van der Waals surface area contributed by atoms with E-state index in [1.807, 2.05) is 12.1 Å². The van der Waals surface area contributed by atoms with Gasteiger partial charge >= 0.3 is 0 Å². The maximum atomic E-state index is 5.59. The number of hydrogen-bond donors (Lipinski definition) is 1. The molecular weight excluding hydrogens is 188 g/mol. The number of anilines is 1. The fraction of sp³-hybridized carbons (Fsp3) is 0.125. The highest BCUT2D eigenvalue weighted by Crippen LogP contribution is 2.33. The Hall–Kier alpha value is -1.33. The largest absolute Gasteiger partial charge is 0.375 e. The molecule has 0 atom stereocenters. The van der Waals surface area contributed by atoms with Crippen molar-refractivity contribution in [1.29, 1.82) is 0 Å². The molecule has 2 N–H and O–H groups in total. The summed E-state index contributed by atoms with van der Waals surface area (Å²) in [6.07, 6.45) is 0. The summed E-state index contributed by atoms with van der Waals surface area (Å²) in [6.45, 7) is 0.503. The highest BCUT2D eigenvalue weighted by Gasteiger charge is 2.16. The average molecular weight is 194 g/mol. The van der Waals surface area contributed by atoms with Crippen molar-refractivity contribution in [1.82, 2.24) is 4.98 Å². The van der Waals surface area contributed by atoms with Crippen LogP contribution in [0.3, 0.4) is 0 Å². The summed E-state index contributed by atoms with van der Waals surface area (Å²) in [6, 6.07) is 3.86.